The second kappa shape index (κ2) is 10.6. The van der Waals surface area contributed by atoms with Crippen LogP contribution in [0.5, 0.6) is 5.88 Å². The highest BCUT2D eigenvalue weighted by atomic mass is 127. The predicted molar refractivity (Wildman–Crippen MR) is 97.9 cm³/mol. The molecular weight excluding hydrogens is 395 g/mol. The molecule has 0 aliphatic heterocycles. The maximum absolute atomic E-state index is 5.62. The van der Waals surface area contributed by atoms with E-state index in [1.807, 2.05) is 18.3 Å². The summed E-state index contributed by atoms with van der Waals surface area (Å²) in [6.45, 7) is 2.83. The SMILES string of the molecule is CN=C(NCCOC)NCc1ccc(OCC2CC2)nc1.I. The van der Waals surface area contributed by atoms with E-state index in [-0.39, 0.29) is 24.0 Å². The molecule has 0 saturated heterocycles. The van der Waals surface area contributed by atoms with Gasteiger partial charge in [-0.3, -0.25) is 4.99 Å². The molecule has 2 rings (SSSR count). The number of halogens is 1. The Hall–Kier alpha value is -1.09. The van der Waals surface area contributed by atoms with Crippen LogP contribution in [0.25, 0.3) is 0 Å². The van der Waals surface area contributed by atoms with Crippen molar-refractivity contribution < 1.29 is 9.47 Å². The van der Waals surface area contributed by atoms with Crippen LogP contribution in [0.15, 0.2) is 23.3 Å². The van der Waals surface area contributed by atoms with Crippen LogP contribution < -0.4 is 15.4 Å². The van der Waals surface area contributed by atoms with Crippen molar-refractivity contribution in [2.75, 3.05) is 33.9 Å². The molecule has 1 aromatic heterocycles. The second-order valence-electron chi connectivity index (χ2n) is 5.10. The largest absolute Gasteiger partial charge is 0.477 e. The molecule has 0 spiro atoms. The zero-order valence-corrected chi connectivity index (χ0v) is 15.5. The molecule has 2 N–H and O–H groups in total. The van der Waals surface area contributed by atoms with Crippen LogP contribution in [-0.2, 0) is 11.3 Å². The van der Waals surface area contributed by atoms with Crippen molar-refractivity contribution in [1.29, 1.82) is 0 Å². The van der Waals surface area contributed by atoms with Gasteiger partial charge in [-0.1, -0.05) is 6.07 Å². The lowest BCUT2D eigenvalue weighted by molar-refractivity contribution is 0.203. The Morgan fingerprint density at radius 3 is 2.77 bits per heavy atom. The first kappa shape index (κ1) is 19.0. The number of rotatable bonds is 8. The summed E-state index contributed by atoms with van der Waals surface area (Å²) in [5.41, 5.74) is 1.09. The number of pyridine rings is 1. The van der Waals surface area contributed by atoms with Gasteiger partial charge in [0.25, 0.3) is 0 Å². The molecule has 1 fully saturated rings. The van der Waals surface area contributed by atoms with Crippen molar-refractivity contribution in [3.8, 4) is 5.88 Å². The Labute approximate surface area is 149 Å². The summed E-state index contributed by atoms with van der Waals surface area (Å²) in [5, 5.41) is 6.39. The molecule has 22 heavy (non-hydrogen) atoms. The number of hydrogen-bond acceptors (Lipinski definition) is 4. The highest BCUT2D eigenvalue weighted by molar-refractivity contribution is 14.0. The molecule has 1 saturated carbocycles. The van der Waals surface area contributed by atoms with Crippen molar-refractivity contribution in [3.05, 3.63) is 23.9 Å². The molecule has 1 aliphatic rings. The first-order valence-electron chi connectivity index (χ1n) is 7.33. The maximum Gasteiger partial charge on any atom is 0.213 e. The van der Waals surface area contributed by atoms with E-state index < -0.39 is 0 Å². The zero-order valence-electron chi connectivity index (χ0n) is 13.2. The van der Waals surface area contributed by atoms with E-state index in [9.17, 15) is 0 Å². The molecule has 7 heteroatoms. The molecule has 0 bridgehead atoms. The Bertz CT molecular complexity index is 449. The van der Waals surface area contributed by atoms with Gasteiger partial charge >= 0.3 is 0 Å². The lowest BCUT2D eigenvalue weighted by Crippen LogP contribution is -2.38. The van der Waals surface area contributed by atoms with Crippen LogP contribution in [0.2, 0.25) is 0 Å². The summed E-state index contributed by atoms with van der Waals surface area (Å²) in [6.07, 6.45) is 4.41. The highest BCUT2D eigenvalue weighted by Crippen LogP contribution is 2.29. The third-order valence-electron chi connectivity index (χ3n) is 3.24. The van der Waals surface area contributed by atoms with E-state index in [1.165, 1.54) is 12.8 Å². The third kappa shape index (κ3) is 7.26. The van der Waals surface area contributed by atoms with Gasteiger partial charge in [0.2, 0.25) is 5.88 Å². The number of methoxy groups -OCH3 is 1. The van der Waals surface area contributed by atoms with Gasteiger partial charge in [0.15, 0.2) is 5.96 Å². The van der Waals surface area contributed by atoms with E-state index in [2.05, 4.69) is 20.6 Å². The smallest absolute Gasteiger partial charge is 0.213 e. The Kier molecular flexibility index (Phi) is 9.14. The van der Waals surface area contributed by atoms with E-state index in [1.54, 1.807) is 14.2 Å². The van der Waals surface area contributed by atoms with Crippen molar-refractivity contribution in [3.63, 3.8) is 0 Å². The quantitative estimate of drug-likeness (QED) is 0.291. The monoisotopic (exact) mass is 420 g/mol. The van der Waals surface area contributed by atoms with E-state index in [0.29, 0.717) is 19.0 Å². The molecule has 1 aromatic rings. The van der Waals surface area contributed by atoms with Gasteiger partial charge in [-0.05, 0) is 24.3 Å². The zero-order chi connectivity index (χ0) is 14.9. The number of nitrogens with one attached hydrogen (secondary N) is 2. The molecule has 0 amide bonds. The first-order chi connectivity index (χ1) is 10.3. The number of aromatic nitrogens is 1. The minimum absolute atomic E-state index is 0. The van der Waals surface area contributed by atoms with Crippen LogP contribution in [-0.4, -0.2) is 44.9 Å². The maximum atomic E-state index is 5.62. The second-order valence-corrected chi connectivity index (χ2v) is 5.10. The summed E-state index contributed by atoms with van der Waals surface area (Å²) < 4.78 is 10.6. The summed E-state index contributed by atoms with van der Waals surface area (Å²) in [4.78, 5) is 8.46. The van der Waals surface area contributed by atoms with Crippen LogP contribution in [0.4, 0.5) is 0 Å². The van der Waals surface area contributed by atoms with Gasteiger partial charge in [-0.15, -0.1) is 24.0 Å². The molecule has 1 heterocycles. The number of hydrogen-bond donors (Lipinski definition) is 2. The van der Waals surface area contributed by atoms with Crippen LogP contribution in [0.3, 0.4) is 0 Å². The molecule has 1 aliphatic carbocycles. The fourth-order valence-electron chi connectivity index (χ4n) is 1.77. The molecule has 0 radical (unpaired) electrons. The third-order valence-corrected chi connectivity index (χ3v) is 3.24. The van der Waals surface area contributed by atoms with Gasteiger partial charge in [-0.25, -0.2) is 4.98 Å². The summed E-state index contributed by atoms with van der Waals surface area (Å²) in [7, 11) is 3.42. The highest BCUT2D eigenvalue weighted by Gasteiger charge is 2.21. The molecular formula is C15H25IN4O2. The van der Waals surface area contributed by atoms with Crippen LogP contribution >= 0.6 is 24.0 Å². The van der Waals surface area contributed by atoms with Crippen molar-refractivity contribution in [1.82, 2.24) is 15.6 Å². The van der Waals surface area contributed by atoms with Crippen molar-refractivity contribution >= 4 is 29.9 Å². The molecule has 124 valence electrons. The van der Waals surface area contributed by atoms with Gasteiger partial charge in [0.1, 0.15) is 0 Å². The minimum atomic E-state index is 0. The standard InChI is InChI=1S/C15H24N4O2.HI/c1-16-15(17-7-8-20-2)19-10-13-5-6-14(18-9-13)21-11-12-3-4-12;/h5-6,9,12H,3-4,7-8,10-11H2,1-2H3,(H2,16,17,19);1H. The van der Waals surface area contributed by atoms with Crippen LogP contribution in [0, 0.1) is 5.92 Å². The van der Waals surface area contributed by atoms with Gasteiger partial charge in [0, 0.05) is 39.5 Å². The average Bonchev–Trinajstić information content (AvgIpc) is 3.34. The topological polar surface area (TPSA) is 67.8 Å². The fourth-order valence-corrected chi connectivity index (χ4v) is 1.77. The van der Waals surface area contributed by atoms with E-state index in [4.69, 9.17) is 9.47 Å². The average molecular weight is 420 g/mol. The van der Waals surface area contributed by atoms with Crippen molar-refractivity contribution in [2.45, 2.75) is 19.4 Å². The molecule has 0 aromatic carbocycles. The van der Waals surface area contributed by atoms with Crippen molar-refractivity contribution in [2.24, 2.45) is 10.9 Å². The number of nitrogens with zero attached hydrogens (tertiary/aromatic N) is 2. The van der Waals surface area contributed by atoms with Gasteiger partial charge < -0.3 is 20.1 Å². The number of guanidine groups is 1. The minimum Gasteiger partial charge on any atom is -0.477 e. The van der Waals surface area contributed by atoms with E-state index >= 15 is 0 Å². The fraction of sp³-hybridized carbons (Fsp3) is 0.600. The van der Waals surface area contributed by atoms with Crippen LogP contribution in [0.1, 0.15) is 18.4 Å². The Morgan fingerprint density at radius 2 is 2.18 bits per heavy atom. The molecule has 0 atom stereocenters. The Balaban J connectivity index is 0.00000242. The predicted octanol–water partition coefficient (Wildman–Crippen LogP) is 1.80. The molecule has 6 nitrogen and oxygen atoms in total. The van der Waals surface area contributed by atoms with Gasteiger partial charge in [-0.2, -0.15) is 0 Å². The van der Waals surface area contributed by atoms with E-state index in [0.717, 1.165) is 30.6 Å². The number of ether oxygens (including phenoxy) is 2. The normalized spacial score (nSPS) is 14.2. The lowest BCUT2D eigenvalue weighted by Gasteiger charge is -2.11. The summed E-state index contributed by atoms with van der Waals surface area (Å²) in [6, 6.07) is 3.94. The Morgan fingerprint density at radius 1 is 1.36 bits per heavy atom. The number of aliphatic imine (C=N–C) groups is 1. The summed E-state index contributed by atoms with van der Waals surface area (Å²) in [5.74, 6) is 2.20. The van der Waals surface area contributed by atoms with Gasteiger partial charge in [0.05, 0.1) is 13.2 Å². The molecule has 0 unspecified atom stereocenters. The summed E-state index contributed by atoms with van der Waals surface area (Å²) >= 11 is 0. The first-order valence-corrected chi connectivity index (χ1v) is 7.33. The lowest BCUT2D eigenvalue weighted by atomic mass is 10.3.